The second-order valence-electron chi connectivity index (χ2n) is 4.56. The first kappa shape index (κ1) is 12.4. The van der Waals surface area contributed by atoms with Gasteiger partial charge in [-0.1, -0.05) is 13.8 Å². The second-order valence-corrected chi connectivity index (χ2v) is 4.56. The van der Waals surface area contributed by atoms with Crippen LogP contribution in [0.1, 0.15) is 24.2 Å². The lowest BCUT2D eigenvalue weighted by Crippen LogP contribution is -2.42. The molecule has 6 nitrogen and oxygen atoms in total. The maximum absolute atomic E-state index is 11.8. The number of hydrogen-bond acceptors (Lipinski definition) is 4. The Morgan fingerprint density at radius 3 is 2.72 bits per heavy atom. The van der Waals surface area contributed by atoms with Crippen LogP contribution in [0.25, 0.3) is 0 Å². The molecule has 18 heavy (non-hydrogen) atoms. The van der Waals surface area contributed by atoms with Crippen LogP contribution < -0.4 is 16.1 Å². The van der Waals surface area contributed by atoms with Crippen LogP contribution in [0, 0.1) is 5.92 Å². The van der Waals surface area contributed by atoms with Crippen molar-refractivity contribution in [2.75, 3.05) is 10.6 Å². The zero-order chi connectivity index (χ0) is 13.3. The molecule has 1 heterocycles. The summed E-state index contributed by atoms with van der Waals surface area (Å²) in [6, 6.07) is 4.51. The van der Waals surface area contributed by atoms with Crippen molar-refractivity contribution in [3.8, 4) is 0 Å². The maximum Gasteiger partial charge on any atom is 0.274 e. The average Bonchev–Trinajstić information content (AvgIpc) is 2.35. The molecular formula is C12H15N3O3. The van der Waals surface area contributed by atoms with Crippen LogP contribution in [0.5, 0.6) is 0 Å². The molecule has 1 aliphatic heterocycles. The van der Waals surface area contributed by atoms with Gasteiger partial charge >= 0.3 is 0 Å². The van der Waals surface area contributed by atoms with Crippen LogP contribution in [0.2, 0.25) is 0 Å². The molecule has 0 saturated carbocycles. The van der Waals surface area contributed by atoms with Gasteiger partial charge in [0.1, 0.15) is 6.04 Å². The third kappa shape index (κ3) is 2.14. The lowest BCUT2D eigenvalue weighted by atomic mass is 10.00. The van der Waals surface area contributed by atoms with Crippen LogP contribution in [-0.2, 0) is 4.79 Å². The maximum atomic E-state index is 11.8. The standard InChI is InChI=1S/C12H15N3O3/c1-6(2)10-12(17)14-9-5-7(11(16)15-18)3-4-8(9)13-10/h3-6,10,13,18H,1-2H3,(H,14,17)(H,15,16)/t10-/m1/s1. The van der Waals surface area contributed by atoms with E-state index in [4.69, 9.17) is 5.21 Å². The smallest absolute Gasteiger partial charge is 0.274 e. The van der Waals surface area contributed by atoms with Gasteiger partial charge in [0.2, 0.25) is 5.91 Å². The van der Waals surface area contributed by atoms with E-state index in [9.17, 15) is 9.59 Å². The van der Waals surface area contributed by atoms with Gasteiger partial charge in [-0.25, -0.2) is 5.48 Å². The number of anilines is 2. The molecule has 0 bridgehead atoms. The Balaban J connectivity index is 2.32. The summed E-state index contributed by atoms with van der Waals surface area (Å²) in [6.07, 6.45) is 0. The van der Waals surface area contributed by atoms with E-state index in [0.717, 1.165) is 5.69 Å². The molecule has 1 aliphatic rings. The number of nitrogens with one attached hydrogen (secondary N) is 3. The van der Waals surface area contributed by atoms with Crippen molar-refractivity contribution >= 4 is 23.2 Å². The van der Waals surface area contributed by atoms with Gasteiger partial charge in [-0.3, -0.25) is 14.8 Å². The molecular weight excluding hydrogens is 234 g/mol. The summed E-state index contributed by atoms with van der Waals surface area (Å²) in [5, 5.41) is 14.4. The summed E-state index contributed by atoms with van der Waals surface area (Å²) < 4.78 is 0. The number of fused-ring (bicyclic) bond motifs is 1. The van der Waals surface area contributed by atoms with Crippen LogP contribution >= 0.6 is 0 Å². The number of rotatable bonds is 2. The molecule has 0 aromatic heterocycles. The van der Waals surface area contributed by atoms with Gasteiger partial charge in [0.05, 0.1) is 11.4 Å². The van der Waals surface area contributed by atoms with E-state index in [1.165, 1.54) is 6.07 Å². The molecule has 1 aromatic rings. The van der Waals surface area contributed by atoms with E-state index >= 15 is 0 Å². The van der Waals surface area contributed by atoms with Gasteiger partial charge in [0.25, 0.3) is 5.91 Å². The molecule has 4 N–H and O–H groups in total. The number of benzene rings is 1. The fourth-order valence-corrected chi connectivity index (χ4v) is 1.89. The normalized spacial score (nSPS) is 17.8. The summed E-state index contributed by atoms with van der Waals surface area (Å²) in [5.41, 5.74) is 3.14. The molecule has 0 spiro atoms. The first-order valence-corrected chi connectivity index (χ1v) is 5.69. The molecule has 0 saturated heterocycles. The second kappa shape index (κ2) is 4.66. The molecule has 0 aliphatic carbocycles. The van der Waals surface area contributed by atoms with Gasteiger partial charge in [0, 0.05) is 5.56 Å². The largest absolute Gasteiger partial charge is 0.372 e. The van der Waals surface area contributed by atoms with E-state index in [0.29, 0.717) is 5.69 Å². The third-order valence-electron chi connectivity index (χ3n) is 2.90. The van der Waals surface area contributed by atoms with E-state index in [-0.39, 0.29) is 23.4 Å². The molecule has 2 amide bonds. The SMILES string of the molecule is CC(C)[C@H]1Nc2ccc(C(=O)NO)cc2NC1=O. The predicted octanol–water partition coefficient (Wildman–Crippen LogP) is 1.19. The Bertz CT molecular complexity index is 499. The molecule has 0 unspecified atom stereocenters. The topological polar surface area (TPSA) is 90.5 Å². The van der Waals surface area contributed by atoms with Gasteiger partial charge < -0.3 is 10.6 Å². The number of carbonyl (C=O) groups is 2. The quantitative estimate of drug-likeness (QED) is 0.468. The van der Waals surface area contributed by atoms with Gasteiger partial charge in [-0.05, 0) is 24.1 Å². The molecule has 0 radical (unpaired) electrons. The average molecular weight is 249 g/mol. The molecule has 6 heteroatoms. The third-order valence-corrected chi connectivity index (χ3v) is 2.90. The highest BCUT2D eigenvalue weighted by molar-refractivity contribution is 6.05. The minimum Gasteiger partial charge on any atom is -0.372 e. The van der Waals surface area contributed by atoms with Crippen molar-refractivity contribution < 1.29 is 14.8 Å². The van der Waals surface area contributed by atoms with Gasteiger partial charge in [-0.2, -0.15) is 0 Å². The minimum absolute atomic E-state index is 0.126. The number of hydrogen-bond donors (Lipinski definition) is 4. The first-order chi connectivity index (χ1) is 8.52. The summed E-state index contributed by atoms with van der Waals surface area (Å²) >= 11 is 0. The lowest BCUT2D eigenvalue weighted by molar-refractivity contribution is -0.117. The predicted molar refractivity (Wildman–Crippen MR) is 66.6 cm³/mol. The minimum atomic E-state index is -0.613. The van der Waals surface area contributed by atoms with Crippen LogP contribution in [0.3, 0.4) is 0 Å². The van der Waals surface area contributed by atoms with Crippen molar-refractivity contribution in [2.24, 2.45) is 5.92 Å². The Morgan fingerprint density at radius 2 is 2.11 bits per heavy atom. The zero-order valence-electron chi connectivity index (χ0n) is 10.2. The van der Waals surface area contributed by atoms with Crippen molar-refractivity contribution in [1.82, 2.24) is 5.48 Å². The van der Waals surface area contributed by atoms with E-state index in [1.54, 1.807) is 17.6 Å². The summed E-state index contributed by atoms with van der Waals surface area (Å²) in [5.74, 6) is -0.573. The fraction of sp³-hybridized carbons (Fsp3) is 0.333. The number of hydroxylamine groups is 1. The van der Waals surface area contributed by atoms with E-state index < -0.39 is 5.91 Å². The monoisotopic (exact) mass is 249 g/mol. The summed E-state index contributed by atoms with van der Waals surface area (Å²) in [4.78, 5) is 23.1. The van der Waals surface area contributed by atoms with Crippen LogP contribution in [0.15, 0.2) is 18.2 Å². The summed E-state index contributed by atoms with van der Waals surface area (Å²) in [7, 11) is 0. The number of carbonyl (C=O) groups excluding carboxylic acids is 2. The van der Waals surface area contributed by atoms with Gasteiger partial charge in [-0.15, -0.1) is 0 Å². The molecule has 1 atom stereocenters. The van der Waals surface area contributed by atoms with Crippen molar-refractivity contribution in [3.05, 3.63) is 23.8 Å². The Morgan fingerprint density at radius 1 is 1.39 bits per heavy atom. The Hall–Kier alpha value is -2.08. The summed E-state index contributed by atoms with van der Waals surface area (Å²) in [6.45, 7) is 3.91. The number of amides is 2. The molecule has 96 valence electrons. The van der Waals surface area contributed by atoms with E-state index in [2.05, 4.69) is 10.6 Å². The molecule has 0 fully saturated rings. The van der Waals surface area contributed by atoms with E-state index in [1.807, 2.05) is 13.8 Å². The lowest BCUT2D eigenvalue weighted by Gasteiger charge is -2.29. The molecule has 2 rings (SSSR count). The highest BCUT2D eigenvalue weighted by Crippen LogP contribution is 2.29. The fourth-order valence-electron chi connectivity index (χ4n) is 1.89. The Labute approximate surface area is 104 Å². The van der Waals surface area contributed by atoms with Crippen molar-refractivity contribution in [3.63, 3.8) is 0 Å². The highest BCUT2D eigenvalue weighted by atomic mass is 16.5. The van der Waals surface area contributed by atoms with Crippen LogP contribution in [0.4, 0.5) is 11.4 Å². The van der Waals surface area contributed by atoms with Gasteiger partial charge in [0.15, 0.2) is 0 Å². The molecule has 1 aromatic carbocycles. The van der Waals surface area contributed by atoms with Crippen molar-refractivity contribution in [2.45, 2.75) is 19.9 Å². The highest BCUT2D eigenvalue weighted by Gasteiger charge is 2.28. The van der Waals surface area contributed by atoms with Crippen LogP contribution in [-0.4, -0.2) is 23.1 Å². The zero-order valence-corrected chi connectivity index (χ0v) is 10.2. The Kier molecular flexibility index (Phi) is 3.20. The van der Waals surface area contributed by atoms with Crippen molar-refractivity contribution in [1.29, 1.82) is 0 Å². The first-order valence-electron chi connectivity index (χ1n) is 5.69.